The quantitative estimate of drug-likeness (QED) is 0.189. The zero-order valence-electron chi connectivity index (χ0n) is 22.0. The number of para-hydroxylation sites is 1. The molecule has 6 rings (SSSR count). The molecule has 1 amide bonds. The second-order valence-corrected chi connectivity index (χ2v) is 9.80. The third-order valence-corrected chi connectivity index (χ3v) is 7.12. The predicted octanol–water partition coefficient (Wildman–Crippen LogP) is 3.46. The zero-order chi connectivity index (χ0) is 28.5. The molecular weight excluding hydrogens is 533 g/mol. The summed E-state index contributed by atoms with van der Waals surface area (Å²) in [6, 6.07) is 12.9. The van der Waals surface area contributed by atoms with Gasteiger partial charge in [0.25, 0.3) is 5.91 Å². The zero-order valence-corrected chi connectivity index (χ0v) is 22.0. The van der Waals surface area contributed by atoms with Crippen LogP contribution in [0.3, 0.4) is 0 Å². The average Bonchev–Trinajstić information content (AvgIpc) is 3.67. The van der Waals surface area contributed by atoms with Crippen LogP contribution in [0, 0.1) is 5.82 Å². The molecule has 11 nitrogen and oxygen atoms in total. The Hall–Kier alpha value is -4.84. The normalized spacial score (nSPS) is 20.0. The molecule has 4 heterocycles. The summed E-state index contributed by atoms with van der Waals surface area (Å²) in [5.74, 6) is -0.910. The van der Waals surface area contributed by atoms with E-state index in [4.69, 9.17) is 9.47 Å². The Labute approximate surface area is 233 Å². The number of hydrogen-bond donors (Lipinski definition) is 2. The predicted molar refractivity (Wildman–Crippen MR) is 144 cm³/mol. The lowest BCUT2D eigenvalue weighted by Gasteiger charge is -2.33. The molecule has 2 aromatic carbocycles. The topological polar surface area (TPSA) is 139 Å². The minimum atomic E-state index is -0.866. The van der Waals surface area contributed by atoms with Crippen molar-refractivity contribution in [3.63, 3.8) is 0 Å². The second kappa shape index (κ2) is 11.0. The third-order valence-electron chi connectivity index (χ3n) is 7.12. The molecule has 4 aromatic rings. The van der Waals surface area contributed by atoms with E-state index >= 15 is 4.39 Å². The lowest BCUT2D eigenvalue weighted by Crippen LogP contribution is -2.47. The summed E-state index contributed by atoms with van der Waals surface area (Å²) in [7, 11) is 1.25. The van der Waals surface area contributed by atoms with Gasteiger partial charge in [-0.25, -0.2) is 19.2 Å². The summed E-state index contributed by atoms with van der Waals surface area (Å²) in [6.45, 7) is 0.879. The van der Waals surface area contributed by atoms with Crippen LogP contribution in [-0.2, 0) is 19.1 Å². The Morgan fingerprint density at radius 2 is 1.90 bits per heavy atom. The van der Waals surface area contributed by atoms with Gasteiger partial charge in [-0.1, -0.05) is 18.2 Å². The van der Waals surface area contributed by atoms with Crippen LogP contribution in [0.4, 0.5) is 10.2 Å². The highest BCUT2D eigenvalue weighted by atomic mass is 19.1. The standard InChI is InChI=1S/C29H26FN5O6/c1-39-29(38)25-24(41-25)28(37)35-11-5-6-16(14-35)34-27-22-20(13-31-26(22)32-15-33-27)23(36)19-10-9-18(12-21(19)30)40-17-7-3-2-4-8-17/h2-4,7-10,12-13,15-16,24-25H,5-6,11,14H2,1H3,(H2,31,32,33,34). The van der Waals surface area contributed by atoms with Crippen LogP contribution in [-0.4, -0.2) is 76.0 Å². The number of methoxy groups -OCH3 is 1. The minimum absolute atomic E-state index is 0.125. The Kier molecular flexibility index (Phi) is 7.06. The summed E-state index contributed by atoms with van der Waals surface area (Å²) < 4.78 is 30.7. The number of aromatic amines is 1. The number of esters is 1. The number of halogens is 1. The molecule has 2 aromatic heterocycles. The largest absolute Gasteiger partial charge is 0.467 e. The maximum absolute atomic E-state index is 15.1. The van der Waals surface area contributed by atoms with E-state index in [9.17, 15) is 14.4 Å². The minimum Gasteiger partial charge on any atom is -0.467 e. The molecule has 3 unspecified atom stereocenters. The van der Waals surface area contributed by atoms with E-state index in [1.807, 2.05) is 6.07 Å². The van der Waals surface area contributed by atoms with Crippen molar-refractivity contribution in [1.82, 2.24) is 19.9 Å². The van der Waals surface area contributed by atoms with E-state index in [0.29, 0.717) is 35.7 Å². The second-order valence-electron chi connectivity index (χ2n) is 9.80. The number of epoxide rings is 1. The Balaban J connectivity index is 1.20. The van der Waals surface area contributed by atoms with E-state index < -0.39 is 29.8 Å². The summed E-state index contributed by atoms with van der Waals surface area (Å²) in [6.07, 6.45) is 2.60. The van der Waals surface area contributed by atoms with Gasteiger partial charge in [-0.3, -0.25) is 9.59 Å². The average molecular weight is 560 g/mol. The van der Waals surface area contributed by atoms with Crippen molar-refractivity contribution in [2.45, 2.75) is 31.1 Å². The number of ketones is 1. The number of nitrogens with zero attached hydrogens (tertiary/aromatic N) is 3. The first-order chi connectivity index (χ1) is 19.9. The highest BCUT2D eigenvalue weighted by Crippen LogP contribution is 2.31. The number of nitrogens with one attached hydrogen (secondary N) is 2. The van der Waals surface area contributed by atoms with Gasteiger partial charge in [-0.15, -0.1) is 0 Å². The first-order valence-electron chi connectivity index (χ1n) is 13.1. The van der Waals surface area contributed by atoms with Crippen LogP contribution >= 0.6 is 0 Å². The van der Waals surface area contributed by atoms with E-state index in [0.717, 1.165) is 12.8 Å². The monoisotopic (exact) mass is 559 g/mol. The number of benzene rings is 2. The number of aromatic nitrogens is 3. The fourth-order valence-electron chi connectivity index (χ4n) is 5.03. The van der Waals surface area contributed by atoms with Gasteiger partial charge >= 0.3 is 5.97 Å². The lowest BCUT2D eigenvalue weighted by molar-refractivity contribution is -0.142. The number of rotatable bonds is 8. The number of carbonyl (C=O) groups is 3. The van der Waals surface area contributed by atoms with Crippen molar-refractivity contribution in [2.75, 3.05) is 25.5 Å². The number of anilines is 1. The molecule has 2 aliphatic rings. The first kappa shape index (κ1) is 26.4. The van der Waals surface area contributed by atoms with E-state index in [1.54, 1.807) is 29.2 Å². The molecule has 2 saturated heterocycles. The van der Waals surface area contributed by atoms with Crippen LogP contribution in [0.2, 0.25) is 0 Å². The van der Waals surface area contributed by atoms with Gasteiger partial charge in [-0.05, 0) is 37.1 Å². The van der Waals surface area contributed by atoms with Gasteiger partial charge in [0.15, 0.2) is 18.0 Å². The third kappa shape index (κ3) is 5.33. The fraction of sp³-hybridized carbons (Fsp3) is 0.276. The number of hydrogen-bond acceptors (Lipinski definition) is 9. The van der Waals surface area contributed by atoms with Crippen molar-refractivity contribution in [2.24, 2.45) is 0 Å². The van der Waals surface area contributed by atoms with Crippen LogP contribution in [0.1, 0.15) is 28.8 Å². The highest BCUT2D eigenvalue weighted by Gasteiger charge is 2.53. The molecule has 3 atom stereocenters. The summed E-state index contributed by atoms with van der Waals surface area (Å²) in [4.78, 5) is 51.2. The molecule has 2 aliphatic heterocycles. The summed E-state index contributed by atoms with van der Waals surface area (Å²) >= 11 is 0. The molecular formula is C29H26FN5O6. The van der Waals surface area contributed by atoms with Crippen LogP contribution in [0.15, 0.2) is 61.1 Å². The number of H-pyrrole nitrogens is 1. The molecule has 2 N–H and O–H groups in total. The molecule has 12 heteroatoms. The summed E-state index contributed by atoms with van der Waals surface area (Å²) in [5, 5.41) is 3.75. The van der Waals surface area contributed by atoms with Crippen molar-refractivity contribution in [3.05, 3.63) is 78.0 Å². The smallest absolute Gasteiger partial charge is 0.338 e. The maximum atomic E-state index is 15.1. The fourth-order valence-corrected chi connectivity index (χ4v) is 5.03. The molecule has 0 spiro atoms. The number of carbonyl (C=O) groups excluding carboxylic acids is 3. The van der Waals surface area contributed by atoms with Crippen molar-refractivity contribution in [3.8, 4) is 11.5 Å². The number of fused-ring (bicyclic) bond motifs is 1. The Morgan fingerprint density at radius 1 is 1.07 bits per heavy atom. The van der Waals surface area contributed by atoms with Gasteiger partial charge in [0.05, 0.1) is 23.6 Å². The van der Waals surface area contributed by atoms with E-state index in [2.05, 4.69) is 25.0 Å². The van der Waals surface area contributed by atoms with Crippen LogP contribution in [0.5, 0.6) is 11.5 Å². The molecule has 0 bridgehead atoms. The van der Waals surface area contributed by atoms with Crippen LogP contribution in [0.25, 0.3) is 11.0 Å². The first-order valence-corrected chi connectivity index (χ1v) is 13.1. The van der Waals surface area contributed by atoms with E-state index in [1.165, 1.54) is 37.8 Å². The molecule has 210 valence electrons. The molecule has 0 aliphatic carbocycles. The van der Waals surface area contributed by atoms with Crippen molar-refractivity contribution < 1.29 is 33.0 Å². The van der Waals surface area contributed by atoms with Crippen LogP contribution < -0.4 is 10.1 Å². The number of ether oxygens (including phenoxy) is 3. The molecule has 2 fully saturated rings. The van der Waals surface area contributed by atoms with Crippen molar-refractivity contribution >= 4 is 34.5 Å². The Morgan fingerprint density at radius 3 is 2.68 bits per heavy atom. The summed E-state index contributed by atoms with van der Waals surface area (Å²) in [5.41, 5.74) is 0.487. The molecule has 0 radical (unpaired) electrons. The number of likely N-dealkylation sites (tertiary alicyclic amines) is 1. The lowest BCUT2D eigenvalue weighted by atomic mass is 10.0. The highest BCUT2D eigenvalue weighted by molar-refractivity contribution is 6.18. The van der Waals surface area contributed by atoms with Gasteiger partial charge in [0, 0.05) is 31.4 Å². The van der Waals surface area contributed by atoms with Gasteiger partial charge in [0.2, 0.25) is 0 Å². The number of piperidine rings is 1. The molecule has 41 heavy (non-hydrogen) atoms. The van der Waals surface area contributed by atoms with E-state index in [-0.39, 0.29) is 28.8 Å². The van der Waals surface area contributed by atoms with Crippen molar-refractivity contribution in [1.29, 1.82) is 0 Å². The maximum Gasteiger partial charge on any atom is 0.338 e. The molecule has 0 saturated carbocycles. The van der Waals surface area contributed by atoms with Gasteiger partial charge < -0.3 is 29.4 Å². The number of amides is 1. The Bertz CT molecular complexity index is 1630. The van der Waals surface area contributed by atoms with Gasteiger partial charge in [0.1, 0.15) is 35.1 Å². The van der Waals surface area contributed by atoms with Gasteiger partial charge in [-0.2, -0.15) is 0 Å². The SMILES string of the molecule is COC(=O)C1OC1C(=O)N1CCCC(Nc2ncnc3[nH]cc(C(=O)c4ccc(Oc5ccccc5)cc4F)c23)C1.